The fraction of sp³-hybridized carbons (Fsp3) is 0.0833. The Balaban J connectivity index is 2.13. The second kappa shape index (κ2) is 4.53. The Labute approximate surface area is 117 Å². The molecule has 20 heavy (non-hydrogen) atoms. The predicted molar refractivity (Wildman–Crippen MR) is 70.6 cm³/mol. The molecule has 0 aliphatic carbocycles. The smallest absolute Gasteiger partial charge is 0.269 e. The number of aromatic nitrogens is 2. The first-order valence-electron chi connectivity index (χ1n) is 5.64. The van der Waals surface area contributed by atoms with Gasteiger partial charge < -0.3 is 5.32 Å². The van der Waals surface area contributed by atoms with Crippen molar-refractivity contribution in [3.63, 3.8) is 0 Å². The van der Waals surface area contributed by atoms with Gasteiger partial charge in [0.25, 0.3) is 5.69 Å². The van der Waals surface area contributed by atoms with E-state index >= 15 is 0 Å². The van der Waals surface area contributed by atoms with Gasteiger partial charge in [0.2, 0.25) is 11.2 Å². The minimum absolute atomic E-state index is 0.0224. The van der Waals surface area contributed by atoms with E-state index in [1.807, 2.05) is 0 Å². The molecule has 0 bridgehead atoms. The minimum atomic E-state index is -0.717. The van der Waals surface area contributed by atoms with Gasteiger partial charge in [-0.1, -0.05) is 0 Å². The summed E-state index contributed by atoms with van der Waals surface area (Å²) in [5.41, 5.74) is 1.38. The SMILES string of the molecule is O=C1Nc2ccc([N+](=O)[O-])cc2C1c1ccnc(Cl)n1. The zero-order chi connectivity index (χ0) is 14.3. The Morgan fingerprint density at radius 3 is 2.85 bits per heavy atom. The highest BCUT2D eigenvalue weighted by atomic mass is 35.5. The fourth-order valence-electron chi connectivity index (χ4n) is 2.16. The lowest BCUT2D eigenvalue weighted by Gasteiger charge is -2.07. The molecule has 0 saturated heterocycles. The molecule has 3 rings (SSSR count). The van der Waals surface area contributed by atoms with E-state index in [4.69, 9.17) is 11.6 Å². The summed E-state index contributed by atoms with van der Waals surface area (Å²) < 4.78 is 0. The van der Waals surface area contributed by atoms with E-state index in [1.54, 1.807) is 6.07 Å². The number of fused-ring (bicyclic) bond motifs is 1. The Morgan fingerprint density at radius 2 is 2.15 bits per heavy atom. The predicted octanol–water partition coefficient (Wildman–Crippen LogP) is 2.12. The van der Waals surface area contributed by atoms with Crippen LogP contribution in [0.4, 0.5) is 11.4 Å². The third-order valence-electron chi connectivity index (χ3n) is 3.02. The Bertz CT molecular complexity index is 734. The Kier molecular flexibility index (Phi) is 2.83. The quantitative estimate of drug-likeness (QED) is 0.519. The van der Waals surface area contributed by atoms with Gasteiger partial charge in [0.1, 0.15) is 5.92 Å². The van der Waals surface area contributed by atoms with Gasteiger partial charge in [0, 0.05) is 29.6 Å². The number of hydrogen-bond acceptors (Lipinski definition) is 5. The van der Waals surface area contributed by atoms with Crippen molar-refractivity contribution in [2.24, 2.45) is 0 Å². The molecule has 1 aromatic carbocycles. The molecule has 0 spiro atoms. The Hall–Kier alpha value is -2.54. The summed E-state index contributed by atoms with van der Waals surface area (Å²) in [4.78, 5) is 30.1. The maximum Gasteiger partial charge on any atom is 0.269 e. The lowest BCUT2D eigenvalue weighted by atomic mass is 9.96. The van der Waals surface area contributed by atoms with Crippen LogP contribution in [-0.2, 0) is 4.79 Å². The second-order valence-corrected chi connectivity index (χ2v) is 4.54. The van der Waals surface area contributed by atoms with E-state index in [9.17, 15) is 14.9 Å². The van der Waals surface area contributed by atoms with E-state index in [1.165, 1.54) is 24.4 Å². The van der Waals surface area contributed by atoms with Gasteiger partial charge in [-0.15, -0.1) is 0 Å². The number of nitro benzene ring substituents is 1. The number of amides is 1. The lowest BCUT2D eigenvalue weighted by Crippen LogP contribution is -2.14. The number of carbonyl (C=O) groups is 1. The molecule has 1 atom stereocenters. The minimum Gasteiger partial charge on any atom is -0.325 e. The molecule has 0 radical (unpaired) electrons. The van der Waals surface area contributed by atoms with Crippen LogP contribution in [0.25, 0.3) is 0 Å². The molecule has 0 fully saturated rings. The first-order chi connectivity index (χ1) is 9.56. The summed E-state index contributed by atoms with van der Waals surface area (Å²) in [5, 5.41) is 13.5. The van der Waals surface area contributed by atoms with Crippen LogP contribution in [0.2, 0.25) is 5.28 Å². The van der Waals surface area contributed by atoms with Gasteiger partial charge in [-0.25, -0.2) is 9.97 Å². The number of nitrogens with one attached hydrogen (secondary N) is 1. The number of hydrogen-bond donors (Lipinski definition) is 1. The zero-order valence-electron chi connectivity index (χ0n) is 9.91. The highest BCUT2D eigenvalue weighted by Crippen LogP contribution is 2.38. The highest BCUT2D eigenvalue weighted by Gasteiger charge is 2.34. The van der Waals surface area contributed by atoms with Gasteiger partial charge in [-0.2, -0.15) is 0 Å². The Morgan fingerprint density at radius 1 is 1.35 bits per heavy atom. The maximum absolute atomic E-state index is 12.0. The maximum atomic E-state index is 12.0. The number of rotatable bonds is 2. The fourth-order valence-corrected chi connectivity index (χ4v) is 2.32. The van der Waals surface area contributed by atoms with Crippen LogP contribution in [0, 0.1) is 10.1 Å². The molecule has 1 aromatic heterocycles. The average Bonchev–Trinajstić information content (AvgIpc) is 2.73. The van der Waals surface area contributed by atoms with E-state index in [2.05, 4.69) is 15.3 Å². The normalized spacial score (nSPS) is 16.6. The molecule has 2 aromatic rings. The second-order valence-electron chi connectivity index (χ2n) is 4.20. The van der Waals surface area contributed by atoms with Gasteiger partial charge in [-0.05, 0) is 23.7 Å². The van der Waals surface area contributed by atoms with Crippen LogP contribution in [0.3, 0.4) is 0 Å². The monoisotopic (exact) mass is 290 g/mol. The topological polar surface area (TPSA) is 98.0 Å². The average molecular weight is 291 g/mol. The molecule has 8 heteroatoms. The van der Waals surface area contributed by atoms with E-state index in [-0.39, 0.29) is 16.9 Å². The van der Waals surface area contributed by atoms with Crippen LogP contribution < -0.4 is 5.32 Å². The van der Waals surface area contributed by atoms with Crippen molar-refractivity contribution in [2.45, 2.75) is 5.92 Å². The van der Waals surface area contributed by atoms with Crippen LogP contribution in [-0.4, -0.2) is 20.8 Å². The van der Waals surface area contributed by atoms with Crippen molar-refractivity contribution in [1.29, 1.82) is 0 Å². The molecule has 1 N–H and O–H groups in total. The molecule has 1 amide bonds. The number of carbonyl (C=O) groups excluding carboxylic acids is 1. The van der Waals surface area contributed by atoms with Gasteiger partial charge in [-0.3, -0.25) is 14.9 Å². The number of nitrogens with zero attached hydrogens (tertiary/aromatic N) is 3. The van der Waals surface area contributed by atoms with Gasteiger partial charge >= 0.3 is 0 Å². The summed E-state index contributed by atoms with van der Waals surface area (Å²) in [5.74, 6) is -1.01. The molecular weight excluding hydrogens is 284 g/mol. The molecule has 7 nitrogen and oxygen atoms in total. The summed E-state index contributed by atoms with van der Waals surface area (Å²) in [6.45, 7) is 0. The molecule has 1 aliphatic heterocycles. The summed E-state index contributed by atoms with van der Waals surface area (Å²) >= 11 is 5.72. The van der Waals surface area contributed by atoms with E-state index in [0.29, 0.717) is 16.9 Å². The number of nitro groups is 1. The van der Waals surface area contributed by atoms with Crippen LogP contribution in [0.1, 0.15) is 17.2 Å². The van der Waals surface area contributed by atoms with Gasteiger partial charge in [0.05, 0.1) is 10.6 Å². The summed E-state index contributed by atoms with van der Waals surface area (Å²) in [7, 11) is 0. The first-order valence-corrected chi connectivity index (χ1v) is 6.01. The number of non-ortho nitro benzene ring substituents is 1. The molecule has 0 saturated carbocycles. The van der Waals surface area contributed by atoms with Crippen LogP contribution >= 0.6 is 11.6 Å². The van der Waals surface area contributed by atoms with Crippen molar-refractivity contribution in [1.82, 2.24) is 9.97 Å². The van der Waals surface area contributed by atoms with Crippen LogP contribution in [0.5, 0.6) is 0 Å². The third kappa shape index (κ3) is 1.97. The first kappa shape index (κ1) is 12.5. The van der Waals surface area contributed by atoms with Crippen molar-refractivity contribution < 1.29 is 9.72 Å². The molecular formula is C12H7ClN4O3. The van der Waals surface area contributed by atoms with Crippen molar-refractivity contribution in [3.8, 4) is 0 Å². The van der Waals surface area contributed by atoms with E-state index < -0.39 is 10.8 Å². The largest absolute Gasteiger partial charge is 0.325 e. The lowest BCUT2D eigenvalue weighted by molar-refractivity contribution is -0.384. The highest BCUT2D eigenvalue weighted by molar-refractivity contribution is 6.28. The van der Waals surface area contributed by atoms with E-state index in [0.717, 1.165) is 0 Å². The number of halogens is 1. The molecule has 100 valence electrons. The molecule has 1 aliphatic rings. The van der Waals surface area contributed by atoms with Crippen molar-refractivity contribution >= 4 is 28.9 Å². The third-order valence-corrected chi connectivity index (χ3v) is 3.20. The molecule has 2 heterocycles. The summed E-state index contributed by atoms with van der Waals surface area (Å²) in [6, 6.07) is 5.78. The summed E-state index contributed by atoms with van der Waals surface area (Å²) in [6.07, 6.45) is 1.44. The number of benzene rings is 1. The standard InChI is InChI=1S/C12H7ClN4O3/c13-12-14-4-3-9(16-12)10-7-5-6(17(19)20)1-2-8(7)15-11(10)18/h1-5,10H,(H,15,18). The van der Waals surface area contributed by atoms with Crippen molar-refractivity contribution in [3.05, 3.63) is 57.1 Å². The van der Waals surface area contributed by atoms with Crippen LogP contribution in [0.15, 0.2) is 30.5 Å². The molecule has 1 unspecified atom stereocenters. The number of anilines is 1. The van der Waals surface area contributed by atoms with Gasteiger partial charge in [0.15, 0.2) is 0 Å². The van der Waals surface area contributed by atoms with Crippen molar-refractivity contribution in [2.75, 3.05) is 5.32 Å². The zero-order valence-corrected chi connectivity index (χ0v) is 10.7.